The Bertz CT molecular complexity index is 357. The van der Waals surface area contributed by atoms with Crippen LogP contribution in [0, 0.1) is 0 Å². The zero-order chi connectivity index (χ0) is 12.2. The zero-order valence-electron chi connectivity index (χ0n) is 10.1. The van der Waals surface area contributed by atoms with Crippen molar-refractivity contribution >= 4 is 5.97 Å². The van der Waals surface area contributed by atoms with Crippen molar-refractivity contribution in [3.63, 3.8) is 0 Å². The lowest BCUT2D eigenvalue weighted by Gasteiger charge is -2.20. The highest BCUT2D eigenvalue weighted by molar-refractivity contribution is 5.87. The van der Waals surface area contributed by atoms with E-state index in [0.29, 0.717) is 19.0 Å². The minimum Gasteiger partial charge on any atom is -0.461 e. The predicted molar refractivity (Wildman–Crippen MR) is 57.1 cm³/mol. The Labute approximate surface area is 94.7 Å². The summed E-state index contributed by atoms with van der Waals surface area (Å²) in [6, 6.07) is 1.55. The molecule has 1 aromatic rings. The molecule has 0 aliphatic carbocycles. The zero-order valence-corrected chi connectivity index (χ0v) is 10.1. The van der Waals surface area contributed by atoms with E-state index in [0.717, 1.165) is 0 Å². The molecule has 0 N–H and O–H groups in total. The molecule has 90 valence electrons. The van der Waals surface area contributed by atoms with Gasteiger partial charge < -0.3 is 14.0 Å². The van der Waals surface area contributed by atoms with Crippen LogP contribution in [0.4, 0.5) is 0 Å². The maximum atomic E-state index is 11.4. The summed E-state index contributed by atoms with van der Waals surface area (Å²) >= 11 is 0. The fraction of sp³-hybridized carbons (Fsp3) is 0.636. The fourth-order valence-electron chi connectivity index (χ4n) is 1.29. The van der Waals surface area contributed by atoms with E-state index in [4.69, 9.17) is 14.0 Å². The van der Waals surface area contributed by atoms with Gasteiger partial charge in [-0.2, -0.15) is 0 Å². The first-order chi connectivity index (χ1) is 7.51. The third kappa shape index (κ3) is 2.82. The molecule has 0 atom stereocenters. The van der Waals surface area contributed by atoms with E-state index >= 15 is 0 Å². The number of esters is 1. The first kappa shape index (κ1) is 12.7. The highest BCUT2D eigenvalue weighted by Gasteiger charge is 2.27. The second-order valence-electron chi connectivity index (χ2n) is 3.74. The van der Waals surface area contributed by atoms with Crippen LogP contribution in [0.25, 0.3) is 0 Å². The highest BCUT2D eigenvalue weighted by atomic mass is 16.5. The Morgan fingerprint density at radius 2 is 2.12 bits per heavy atom. The van der Waals surface area contributed by atoms with Gasteiger partial charge in [-0.05, 0) is 27.7 Å². The number of hydrogen-bond acceptors (Lipinski definition) is 5. The lowest BCUT2D eigenvalue weighted by molar-refractivity contribution is -0.0331. The lowest BCUT2D eigenvalue weighted by Crippen LogP contribution is -2.20. The minimum absolute atomic E-state index is 0.171. The van der Waals surface area contributed by atoms with E-state index in [1.165, 1.54) is 0 Å². The van der Waals surface area contributed by atoms with Gasteiger partial charge in [-0.3, -0.25) is 0 Å². The van der Waals surface area contributed by atoms with Gasteiger partial charge in [0.15, 0.2) is 11.5 Å². The average molecular weight is 227 g/mol. The first-order valence-electron chi connectivity index (χ1n) is 5.29. The quantitative estimate of drug-likeness (QED) is 0.721. The Balaban J connectivity index is 2.82. The lowest BCUT2D eigenvalue weighted by atomic mass is 10.1. The van der Waals surface area contributed by atoms with Gasteiger partial charge in [-0.1, -0.05) is 5.16 Å². The van der Waals surface area contributed by atoms with E-state index in [1.54, 1.807) is 13.0 Å². The molecule has 0 radical (unpaired) electrons. The molecule has 0 bridgehead atoms. The van der Waals surface area contributed by atoms with Gasteiger partial charge in [-0.15, -0.1) is 0 Å². The number of aromatic nitrogens is 1. The Kier molecular flexibility index (Phi) is 4.06. The monoisotopic (exact) mass is 227 g/mol. The smallest absolute Gasteiger partial charge is 0.360 e. The number of nitrogens with zero attached hydrogens (tertiary/aromatic N) is 1. The van der Waals surface area contributed by atoms with Crippen molar-refractivity contribution in [2.24, 2.45) is 0 Å². The molecule has 1 rings (SSSR count). The minimum atomic E-state index is -0.591. The number of carbonyl (C=O) groups excluding carboxylic acids is 1. The van der Waals surface area contributed by atoms with Crippen molar-refractivity contribution in [1.29, 1.82) is 0 Å². The summed E-state index contributed by atoms with van der Waals surface area (Å²) in [5.41, 5.74) is -0.420. The Hall–Kier alpha value is -1.36. The molecular weight excluding hydrogens is 210 g/mol. The second kappa shape index (κ2) is 5.12. The van der Waals surface area contributed by atoms with Crippen LogP contribution in [0.1, 0.15) is 43.9 Å². The molecule has 0 saturated carbocycles. The molecule has 0 saturated heterocycles. The standard InChI is InChI=1S/C11H17NO4/c1-5-14-10(13)8-7-9(16-12-8)11(3,4)15-6-2/h7H,5-6H2,1-4H3. The summed E-state index contributed by atoms with van der Waals surface area (Å²) < 4.78 is 15.4. The topological polar surface area (TPSA) is 61.6 Å². The molecule has 0 fully saturated rings. The van der Waals surface area contributed by atoms with Crippen molar-refractivity contribution in [2.75, 3.05) is 13.2 Å². The van der Waals surface area contributed by atoms with Crippen molar-refractivity contribution in [3.05, 3.63) is 17.5 Å². The van der Waals surface area contributed by atoms with Crippen molar-refractivity contribution in [3.8, 4) is 0 Å². The summed E-state index contributed by atoms with van der Waals surface area (Å²) in [6.07, 6.45) is 0. The van der Waals surface area contributed by atoms with Gasteiger partial charge in [0.05, 0.1) is 6.61 Å². The summed E-state index contributed by atoms with van der Waals surface area (Å²) in [5.74, 6) is 0.0298. The van der Waals surface area contributed by atoms with E-state index in [9.17, 15) is 4.79 Å². The average Bonchev–Trinajstić information content (AvgIpc) is 2.67. The van der Waals surface area contributed by atoms with Crippen LogP contribution in [-0.2, 0) is 15.1 Å². The third-order valence-corrected chi connectivity index (χ3v) is 2.09. The van der Waals surface area contributed by atoms with Crippen LogP contribution in [-0.4, -0.2) is 24.3 Å². The van der Waals surface area contributed by atoms with Crippen molar-refractivity contribution in [1.82, 2.24) is 5.16 Å². The molecule has 5 heteroatoms. The first-order valence-corrected chi connectivity index (χ1v) is 5.29. The van der Waals surface area contributed by atoms with E-state index < -0.39 is 11.6 Å². The van der Waals surface area contributed by atoms with Gasteiger partial charge in [-0.25, -0.2) is 4.79 Å². The van der Waals surface area contributed by atoms with Gasteiger partial charge in [0.2, 0.25) is 0 Å². The summed E-state index contributed by atoms with van der Waals surface area (Å²) in [7, 11) is 0. The summed E-state index contributed by atoms with van der Waals surface area (Å²) in [6.45, 7) is 8.21. The Morgan fingerprint density at radius 1 is 1.44 bits per heavy atom. The predicted octanol–water partition coefficient (Wildman–Crippen LogP) is 2.12. The molecule has 0 aliphatic rings. The molecule has 0 amide bonds. The number of rotatable bonds is 5. The van der Waals surface area contributed by atoms with Gasteiger partial charge in [0.25, 0.3) is 0 Å². The highest BCUT2D eigenvalue weighted by Crippen LogP contribution is 2.25. The van der Waals surface area contributed by atoms with Crippen molar-refractivity contribution in [2.45, 2.75) is 33.3 Å². The van der Waals surface area contributed by atoms with Crippen LogP contribution < -0.4 is 0 Å². The van der Waals surface area contributed by atoms with Crippen LogP contribution in [0.5, 0.6) is 0 Å². The Morgan fingerprint density at radius 3 is 2.69 bits per heavy atom. The molecule has 1 heterocycles. The summed E-state index contributed by atoms with van der Waals surface area (Å²) in [5, 5.41) is 3.65. The van der Waals surface area contributed by atoms with Crippen LogP contribution in [0.3, 0.4) is 0 Å². The number of carbonyl (C=O) groups is 1. The van der Waals surface area contributed by atoms with E-state index in [-0.39, 0.29) is 5.69 Å². The van der Waals surface area contributed by atoms with Crippen LogP contribution in [0.2, 0.25) is 0 Å². The van der Waals surface area contributed by atoms with Crippen molar-refractivity contribution < 1.29 is 18.8 Å². The maximum Gasteiger partial charge on any atom is 0.360 e. The van der Waals surface area contributed by atoms with Crippen LogP contribution >= 0.6 is 0 Å². The molecule has 0 spiro atoms. The molecule has 0 aliphatic heterocycles. The van der Waals surface area contributed by atoms with Gasteiger partial charge in [0.1, 0.15) is 5.60 Å². The fourth-order valence-corrected chi connectivity index (χ4v) is 1.29. The molecule has 5 nitrogen and oxygen atoms in total. The maximum absolute atomic E-state index is 11.4. The normalized spacial score (nSPS) is 11.5. The summed E-state index contributed by atoms with van der Waals surface area (Å²) in [4.78, 5) is 11.4. The molecule has 0 aromatic carbocycles. The molecule has 1 aromatic heterocycles. The van der Waals surface area contributed by atoms with Gasteiger partial charge >= 0.3 is 5.97 Å². The van der Waals surface area contributed by atoms with E-state index in [2.05, 4.69) is 5.16 Å². The number of ether oxygens (including phenoxy) is 2. The number of hydrogen-bond donors (Lipinski definition) is 0. The van der Waals surface area contributed by atoms with Crippen LogP contribution in [0.15, 0.2) is 10.6 Å². The SMILES string of the molecule is CCOC(=O)c1cc(C(C)(C)OCC)on1. The largest absolute Gasteiger partial charge is 0.461 e. The molecule has 0 unspecified atom stereocenters. The molecular formula is C11H17NO4. The van der Waals surface area contributed by atoms with E-state index in [1.807, 2.05) is 20.8 Å². The van der Waals surface area contributed by atoms with Gasteiger partial charge in [0, 0.05) is 12.7 Å². The molecule has 16 heavy (non-hydrogen) atoms. The third-order valence-electron chi connectivity index (χ3n) is 2.09. The second-order valence-corrected chi connectivity index (χ2v) is 3.74.